The minimum atomic E-state index is -0.825. The zero-order chi connectivity index (χ0) is 23.5. The van der Waals surface area contributed by atoms with Crippen LogP contribution in [0.5, 0.6) is 17.2 Å². The Hall–Kier alpha value is -4.20. The van der Waals surface area contributed by atoms with Crippen molar-refractivity contribution in [3.63, 3.8) is 0 Å². The van der Waals surface area contributed by atoms with Gasteiger partial charge in [0.25, 0.3) is 11.7 Å². The molecule has 0 unspecified atom stereocenters. The van der Waals surface area contributed by atoms with Crippen LogP contribution in [-0.2, 0) is 16.1 Å². The van der Waals surface area contributed by atoms with E-state index in [2.05, 4.69) is 0 Å². The number of methoxy groups -OCH3 is 3. The monoisotopic (exact) mass is 449 g/mol. The summed E-state index contributed by atoms with van der Waals surface area (Å²) in [6, 6.07) is 14.4. The average Bonchev–Trinajstić information content (AvgIpc) is 3.45. The van der Waals surface area contributed by atoms with Crippen LogP contribution in [0.3, 0.4) is 0 Å². The second kappa shape index (κ2) is 9.12. The molecule has 2 heterocycles. The van der Waals surface area contributed by atoms with Crippen molar-refractivity contribution in [3.8, 4) is 17.2 Å². The number of hydrogen-bond donors (Lipinski definition) is 1. The van der Waals surface area contributed by atoms with E-state index >= 15 is 0 Å². The van der Waals surface area contributed by atoms with E-state index in [1.165, 1.54) is 25.4 Å². The van der Waals surface area contributed by atoms with Crippen LogP contribution in [0.4, 0.5) is 0 Å². The number of ketones is 1. The molecule has 0 bridgehead atoms. The summed E-state index contributed by atoms with van der Waals surface area (Å²) in [5.41, 5.74) is 0.940. The van der Waals surface area contributed by atoms with Crippen LogP contribution in [0.25, 0.3) is 5.76 Å². The first-order valence-corrected chi connectivity index (χ1v) is 10.2. The van der Waals surface area contributed by atoms with Gasteiger partial charge in [-0.25, -0.2) is 0 Å². The molecule has 4 rings (SSSR count). The summed E-state index contributed by atoms with van der Waals surface area (Å²) in [7, 11) is 4.53. The van der Waals surface area contributed by atoms with E-state index in [4.69, 9.17) is 18.6 Å². The molecule has 1 N–H and O–H groups in total. The third-order valence-corrected chi connectivity index (χ3v) is 5.53. The Morgan fingerprint density at radius 2 is 1.70 bits per heavy atom. The lowest BCUT2D eigenvalue weighted by Gasteiger charge is -2.24. The molecule has 1 atom stereocenters. The van der Waals surface area contributed by atoms with Gasteiger partial charge in [0, 0.05) is 5.56 Å². The van der Waals surface area contributed by atoms with Crippen molar-refractivity contribution in [2.24, 2.45) is 0 Å². The zero-order valence-electron chi connectivity index (χ0n) is 18.4. The van der Waals surface area contributed by atoms with E-state index in [0.717, 1.165) is 0 Å². The van der Waals surface area contributed by atoms with Crippen molar-refractivity contribution in [3.05, 3.63) is 83.3 Å². The molecule has 33 heavy (non-hydrogen) atoms. The number of hydrogen-bond acceptors (Lipinski definition) is 7. The molecule has 0 spiro atoms. The Morgan fingerprint density at radius 1 is 0.970 bits per heavy atom. The predicted molar refractivity (Wildman–Crippen MR) is 119 cm³/mol. The number of furan rings is 1. The fourth-order valence-corrected chi connectivity index (χ4v) is 3.89. The number of amides is 1. The van der Waals surface area contributed by atoms with E-state index < -0.39 is 17.7 Å². The molecule has 0 aliphatic carbocycles. The largest absolute Gasteiger partial charge is 0.507 e. The molecule has 1 aliphatic heterocycles. The first-order chi connectivity index (χ1) is 16.0. The fourth-order valence-electron chi connectivity index (χ4n) is 3.89. The highest BCUT2D eigenvalue weighted by atomic mass is 16.5. The van der Waals surface area contributed by atoms with Crippen molar-refractivity contribution < 1.29 is 33.3 Å². The number of carbonyl (C=O) groups excluding carboxylic acids is 2. The fraction of sp³-hybridized carbons (Fsp3) is 0.200. The van der Waals surface area contributed by atoms with Gasteiger partial charge in [0.1, 0.15) is 17.3 Å². The smallest absolute Gasteiger partial charge is 0.296 e. The topological polar surface area (TPSA) is 98.4 Å². The van der Waals surface area contributed by atoms with Gasteiger partial charge >= 0.3 is 0 Å². The van der Waals surface area contributed by atoms with Crippen LogP contribution in [-0.4, -0.2) is 43.0 Å². The average molecular weight is 449 g/mol. The van der Waals surface area contributed by atoms with Crippen molar-refractivity contribution in [2.75, 3.05) is 21.3 Å². The van der Waals surface area contributed by atoms with Crippen LogP contribution in [0, 0.1) is 0 Å². The molecule has 170 valence electrons. The zero-order valence-corrected chi connectivity index (χ0v) is 18.4. The lowest BCUT2D eigenvalue weighted by atomic mass is 9.95. The maximum atomic E-state index is 13.1. The van der Waals surface area contributed by atoms with Crippen molar-refractivity contribution in [2.45, 2.75) is 12.6 Å². The molecule has 1 aromatic heterocycles. The van der Waals surface area contributed by atoms with Gasteiger partial charge in [-0.15, -0.1) is 0 Å². The minimum Gasteiger partial charge on any atom is -0.507 e. The summed E-state index contributed by atoms with van der Waals surface area (Å²) < 4.78 is 21.2. The van der Waals surface area contributed by atoms with E-state index in [9.17, 15) is 14.7 Å². The number of aliphatic hydroxyl groups is 1. The molecule has 1 fully saturated rings. The maximum Gasteiger partial charge on any atom is 0.296 e. The van der Waals surface area contributed by atoms with Gasteiger partial charge in [-0.2, -0.15) is 0 Å². The van der Waals surface area contributed by atoms with E-state index in [-0.39, 0.29) is 17.9 Å². The predicted octanol–water partition coefficient (Wildman–Crippen LogP) is 3.93. The van der Waals surface area contributed by atoms with Crippen molar-refractivity contribution >= 4 is 17.4 Å². The van der Waals surface area contributed by atoms with Crippen LogP contribution >= 0.6 is 0 Å². The molecule has 0 saturated carbocycles. The van der Waals surface area contributed by atoms with Crippen LogP contribution < -0.4 is 14.2 Å². The maximum absolute atomic E-state index is 13.1. The number of aliphatic hydroxyl groups excluding tert-OH is 1. The van der Waals surface area contributed by atoms with Crippen LogP contribution in [0.1, 0.15) is 22.9 Å². The second-order valence-corrected chi connectivity index (χ2v) is 7.35. The molecule has 1 amide bonds. The highest BCUT2D eigenvalue weighted by molar-refractivity contribution is 6.46. The highest BCUT2D eigenvalue weighted by Crippen LogP contribution is 2.41. The van der Waals surface area contributed by atoms with Gasteiger partial charge in [-0.05, 0) is 48.0 Å². The Morgan fingerprint density at radius 3 is 2.30 bits per heavy atom. The number of carbonyl (C=O) groups is 2. The summed E-state index contributed by atoms with van der Waals surface area (Å²) in [4.78, 5) is 27.5. The molecule has 0 radical (unpaired) electrons. The molecule has 8 nitrogen and oxygen atoms in total. The van der Waals surface area contributed by atoms with E-state index in [1.807, 2.05) is 0 Å². The third kappa shape index (κ3) is 4.03. The Labute approximate surface area is 190 Å². The SMILES string of the molecule is COc1ccc([C@@H]2C(=C(O)c3ccc(OC)c(OC)c3)C(=O)C(=O)N2Cc2ccco2)cc1. The number of Topliss-reactive ketones (excluding diaryl/α,β-unsaturated/α-hetero) is 1. The van der Waals surface area contributed by atoms with Crippen molar-refractivity contribution in [1.29, 1.82) is 0 Å². The number of benzene rings is 2. The summed E-state index contributed by atoms with van der Waals surface area (Å²) in [6.45, 7) is 0.0665. The molecular weight excluding hydrogens is 426 g/mol. The molecule has 3 aromatic rings. The second-order valence-electron chi connectivity index (χ2n) is 7.35. The summed E-state index contributed by atoms with van der Waals surface area (Å²) in [5, 5.41) is 11.2. The van der Waals surface area contributed by atoms with Gasteiger partial charge in [0.2, 0.25) is 0 Å². The van der Waals surface area contributed by atoms with Crippen LogP contribution in [0.2, 0.25) is 0 Å². The normalized spacial score (nSPS) is 17.3. The number of likely N-dealkylation sites (tertiary alicyclic amines) is 1. The molecular formula is C25H23NO7. The molecule has 1 saturated heterocycles. The van der Waals surface area contributed by atoms with E-state index in [1.54, 1.807) is 61.7 Å². The minimum absolute atomic E-state index is 0.0241. The van der Waals surface area contributed by atoms with Gasteiger partial charge in [0.05, 0.1) is 45.8 Å². The van der Waals surface area contributed by atoms with Gasteiger partial charge in [-0.3, -0.25) is 9.59 Å². The first kappa shape index (κ1) is 22.0. The highest BCUT2D eigenvalue weighted by Gasteiger charge is 2.46. The van der Waals surface area contributed by atoms with Gasteiger partial charge < -0.3 is 28.6 Å². The third-order valence-electron chi connectivity index (χ3n) is 5.53. The standard InChI is InChI=1S/C25H23NO7/c1-30-17-9-6-15(7-10-17)22-21(23(27)16-8-11-19(31-2)20(13-16)32-3)24(28)25(29)26(22)14-18-5-4-12-33-18/h4-13,22,27H,14H2,1-3H3/t22-/m1/s1. The number of nitrogens with zero attached hydrogens (tertiary/aromatic N) is 1. The summed E-state index contributed by atoms with van der Waals surface area (Å²) >= 11 is 0. The lowest BCUT2D eigenvalue weighted by Crippen LogP contribution is -2.29. The molecule has 2 aromatic carbocycles. The lowest BCUT2D eigenvalue weighted by molar-refractivity contribution is -0.140. The summed E-state index contributed by atoms with van der Waals surface area (Å²) in [6.07, 6.45) is 1.50. The first-order valence-electron chi connectivity index (χ1n) is 10.2. The summed E-state index contributed by atoms with van der Waals surface area (Å²) in [5.74, 6) is 0.176. The Bertz CT molecular complexity index is 1200. The molecule has 8 heteroatoms. The number of rotatable bonds is 7. The Kier molecular flexibility index (Phi) is 6.08. The van der Waals surface area contributed by atoms with Crippen LogP contribution in [0.15, 0.2) is 70.9 Å². The van der Waals surface area contributed by atoms with E-state index in [0.29, 0.717) is 34.1 Å². The number of ether oxygens (including phenoxy) is 3. The Balaban J connectivity index is 1.86. The van der Waals surface area contributed by atoms with Gasteiger partial charge in [-0.1, -0.05) is 12.1 Å². The quantitative estimate of drug-likeness (QED) is 0.332. The van der Waals surface area contributed by atoms with Crippen molar-refractivity contribution in [1.82, 2.24) is 4.90 Å². The van der Waals surface area contributed by atoms with Gasteiger partial charge in [0.15, 0.2) is 11.5 Å². The molecule has 1 aliphatic rings.